The van der Waals surface area contributed by atoms with Gasteiger partial charge in [0.2, 0.25) is 0 Å². The first-order chi connectivity index (χ1) is 9.06. The molecule has 1 atom stereocenters. The minimum absolute atomic E-state index is 0.0193. The molecule has 5 heteroatoms. The number of nitrogens with two attached hydrogens (primary N) is 1. The number of hydrogen-bond acceptors (Lipinski definition) is 3. The van der Waals surface area contributed by atoms with Crippen LogP contribution < -0.4 is 11.1 Å². The van der Waals surface area contributed by atoms with E-state index in [0.717, 1.165) is 31.6 Å². The van der Waals surface area contributed by atoms with Gasteiger partial charge in [-0.05, 0) is 51.2 Å². The lowest BCUT2D eigenvalue weighted by Gasteiger charge is -2.27. The van der Waals surface area contributed by atoms with E-state index in [9.17, 15) is 4.79 Å². The van der Waals surface area contributed by atoms with E-state index >= 15 is 0 Å². The number of rotatable bonds is 3. The minimum atomic E-state index is -0.0193. The normalized spacial score (nSPS) is 18.9. The van der Waals surface area contributed by atoms with Crippen molar-refractivity contribution in [2.24, 2.45) is 0 Å². The van der Waals surface area contributed by atoms with Gasteiger partial charge in [-0.2, -0.15) is 0 Å². The second-order valence-electron chi connectivity index (χ2n) is 5.30. The molecule has 1 aromatic carbocycles. The molecule has 0 bridgehead atoms. The Morgan fingerprint density at radius 1 is 1.42 bits per heavy atom. The Kier molecular flexibility index (Phi) is 4.27. The van der Waals surface area contributed by atoms with Gasteiger partial charge < -0.3 is 20.9 Å². The van der Waals surface area contributed by atoms with Crippen molar-refractivity contribution in [1.29, 1.82) is 0 Å². The fourth-order valence-corrected chi connectivity index (χ4v) is 2.48. The molecule has 1 unspecified atom stereocenters. The first kappa shape index (κ1) is 13.7. The number of anilines is 2. The van der Waals surface area contributed by atoms with Gasteiger partial charge >= 0.3 is 6.03 Å². The van der Waals surface area contributed by atoms with Crippen LogP contribution >= 0.6 is 0 Å². The molecular weight excluding hydrogens is 240 g/mol. The minimum Gasteiger partial charge on any atom is -0.399 e. The fraction of sp³-hybridized carbons (Fsp3) is 0.500. The summed E-state index contributed by atoms with van der Waals surface area (Å²) >= 11 is 0. The van der Waals surface area contributed by atoms with Gasteiger partial charge in [0, 0.05) is 30.5 Å². The SMILES string of the molecule is CN(C)CC1CCCN1C(=O)Nc1ccc(N)cc1. The first-order valence-corrected chi connectivity index (χ1v) is 6.64. The molecule has 1 aliphatic rings. The average molecular weight is 262 g/mol. The number of benzene rings is 1. The Labute approximate surface area is 114 Å². The molecule has 5 nitrogen and oxygen atoms in total. The Morgan fingerprint density at radius 3 is 2.74 bits per heavy atom. The Balaban J connectivity index is 1.97. The maximum atomic E-state index is 12.3. The van der Waals surface area contributed by atoms with Gasteiger partial charge in [0.05, 0.1) is 0 Å². The summed E-state index contributed by atoms with van der Waals surface area (Å²) in [6, 6.07) is 7.51. The Morgan fingerprint density at radius 2 is 2.11 bits per heavy atom. The maximum absolute atomic E-state index is 12.3. The van der Waals surface area contributed by atoms with Gasteiger partial charge in [-0.3, -0.25) is 0 Å². The molecule has 2 amide bonds. The van der Waals surface area contributed by atoms with Crippen LogP contribution in [0.4, 0.5) is 16.2 Å². The third-order valence-electron chi connectivity index (χ3n) is 3.38. The van der Waals surface area contributed by atoms with E-state index in [0.29, 0.717) is 11.7 Å². The fourth-order valence-electron chi connectivity index (χ4n) is 2.48. The molecule has 0 saturated carbocycles. The van der Waals surface area contributed by atoms with Crippen LogP contribution in [0.1, 0.15) is 12.8 Å². The van der Waals surface area contributed by atoms with E-state index in [2.05, 4.69) is 10.2 Å². The van der Waals surface area contributed by atoms with Crippen LogP contribution in [0.2, 0.25) is 0 Å². The number of amides is 2. The molecule has 1 aromatic rings. The molecule has 104 valence electrons. The van der Waals surface area contributed by atoms with E-state index in [-0.39, 0.29) is 6.03 Å². The Hall–Kier alpha value is -1.75. The number of nitrogens with one attached hydrogen (secondary N) is 1. The lowest BCUT2D eigenvalue weighted by Crippen LogP contribution is -2.43. The molecule has 1 heterocycles. The standard InChI is InChI=1S/C14H22N4O/c1-17(2)10-13-4-3-9-18(13)14(19)16-12-7-5-11(15)6-8-12/h5-8,13H,3-4,9-10,15H2,1-2H3,(H,16,19). The summed E-state index contributed by atoms with van der Waals surface area (Å²) < 4.78 is 0. The van der Waals surface area contributed by atoms with Crippen molar-refractivity contribution >= 4 is 17.4 Å². The lowest BCUT2D eigenvalue weighted by molar-refractivity contribution is 0.193. The number of urea groups is 1. The second-order valence-corrected chi connectivity index (χ2v) is 5.30. The number of hydrogen-bond donors (Lipinski definition) is 2. The summed E-state index contributed by atoms with van der Waals surface area (Å²) in [6.45, 7) is 1.74. The predicted octanol–water partition coefficient (Wildman–Crippen LogP) is 1.83. The molecule has 1 saturated heterocycles. The zero-order chi connectivity index (χ0) is 13.8. The summed E-state index contributed by atoms with van der Waals surface area (Å²) in [6.07, 6.45) is 2.15. The van der Waals surface area contributed by atoms with Crippen molar-refractivity contribution in [3.63, 3.8) is 0 Å². The van der Waals surface area contributed by atoms with Crippen molar-refractivity contribution < 1.29 is 4.79 Å². The number of likely N-dealkylation sites (tertiary alicyclic amines) is 1. The molecule has 19 heavy (non-hydrogen) atoms. The zero-order valence-electron chi connectivity index (χ0n) is 11.6. The van der Waals surface area contributed by atoms with E-state index < -0.39 is 0 Å². The van der Waals surface area contributed by atoms with Crippen molar-refractivity contribution in [2.75, 3.05) is 38.2 Å². The van der Waals surface area contributed by atoms with Gasteiger partial charge in [0.15, 0.2) is 0 Å². The van der Waals surface area contributed by atoms with Gasteiger partial charge in [-0.1, -0.05) is 0 Å². The number of carbonyl (C=O) groups excluding carboxylic acids is 1. The van der Waals surface area contributed by atoms with Crippen molar-refractivity contribution in [2.45, 2.75) is 18.9 Å². The maximum Gasteiger partial charge on any atom is 0.322 e. The van der Waals surface area contributed by atoms with E-state index in [4.69, 9.17) is 5.73 Å². The van der Waals surface area contributed by atoms with E-state index in [1.165, 1.54) is 0 Å². The van der Waals surface area contributed by atoms with Gasteiger partial charge in [-0.25, -0.2) is 4.79 Å². The number of likely N-dealkylation sites (N-methyl/N-ethyl adjacent to an activating group) is 1. The molecule has 0 aromatic heterocycles. The van der Waals surface area contributed by atoms with Crippen LogP contribution in [-0.2, 0) is 0 Å². The van der Waals surface area contributed by atoms with Crippen molar-refractivity contribution in [1.82, 2.24) is 9.80 Å². The average Bonchev–Trinajstić information content (AvgIpc) is 2.79. The molecule has 0 aliphatic carbocycles. The summed E-state index contributed by atoms with van der Waals surface area (Å²) in [5.41, 5.74) is 7.11. The van der Waals surface area contributed by atoms with Gasteiger partial charge in [0.25, 0.3) is 0 Å². The third-order valence-corrected chi connectivity index (χ3v) is 3.38. The van der Waals surface area contributed by atoms with Crippen LogP contribution in [0, 0.1) is 0 Å². The van der Waals surface area contributed by atoms with Crippen LogP contribution in [0.5, 0.6) is 0 Å². The largest absolute Gasteiger partial charge is 0.399 e. The van der Waals surface area contributed by atoms with Crippen LogP contribution in [0.25, 0.3) is 0 Å². The lowest BCUT2D eigenvalue weighted by atomic mass is 10.2. The summed E-state index contributed by atoms with van der Waals surface area (Å²) in [5.74, 6) is 0. The molecular formula is C14H22N4O. The summed E-state index contributed by atoms with van der Waals surface area (Å²) in [7, 11) is 4.07. The highest BCUT2D eigenvalue weighted by Crippen LogP contribution is 2.19. The third kappa shape index (κ3) is 3.61. The molecule has 1 fully saturated rings. The smallest absolute Gasteiger partial charge is 0.322 e. The van der Waals surface area contributed by atoms with Crippen LogP contribution in [-0.4, -0.2) is 49.1 Å². The predicted molar refractivity (Wildman–Crippen MR) is 78.2 cm³/mol. The van der Waals surface area contributed by atoms with Gasteiger partial charge in [0.1, 0.15) is 0 Å². The molecule has 2 rings (SSSR count). The highest BCUT2D eigenvalue weighted by Gasteiger charge is 2.28. The quantitative estimate of drug-likeness (QED) is 0.817. The van der Waals surface area contributed by atoms with E-state index in [1.54, 1.807) is 12.1 Å². The zero-order valence-corrected chi connectivity index (χ0v) is 11.6. The highest BCUT2D eigenvalue weighted by atomic mass is 16.2. The molecule has 0 spiro atoms. The monoisotopic (exact) mass is 262 g/mol. The Bertz CT molecular complexity index is 430. The summed E-state index contributed by atoms with van der Waals surface area (Å²) in [4.78, 5) is 16.3. The van der Waals surface area contributed by atoms with Gasteiger partial charge in [-0.15, -0.1) is 0 Å². The number of carbonyl (C=O) groups is 1. The van der Waals surface area contributed by atoms with E-state index in [1.807, 2.05) is 31.1 Å². The molecule has 1 aliphatic heterocycles. The van der Waals surface area contributed by atoms with Crippen molar-refractivity contribution in [3.8, 4) is 0 Å². The van der Waals surface area contributed by atoms with Crippen molar-refractivity contribution in [3.05, 3.63) is 24.3 Å². The second kappa shape index (κ2) is 5.93. The summed E-state index contributed by atoms with van der Waals surface area (Å²) in [5, 5.41) is 2.93. The highest BCUT2D eigenvalue weighted by molar-refractivity contribution is 5.89. The number of nitrogens with zero attached hydrogens (tertiary/aromatic N) is 2. The van der Waals surface area contributed by atoms with Crippen LogP contribution in [0.3, 0.4) is 0 Å². The first-order valence-electron chi connectivity index (χ1n) is 6.64. The van der Waals surface area contributed by atoms with Crippen LogP contribution in [0.15, 0.2) is 24.3 Å². The molecule has 0 radical (unpaired) electrons. The topological polar surface area (TPSA) is 61.6 Å². The molecule has 3 N–H and O–H groups in total. The number of nitrogen functional groups attached to an aromatic ring is 1.